The molecule has 0 N–H and O–H groups in total. The summed E-state index contributed by atoms with van der Waals surface area (Å²) in [6, 6.07) is 4.02. The maximum Gasteiger partial charge on any atom is 0.187 e. The Bertz CT molecular complexity index is 513. The number of allylic oxidation sites excluding steroid dienone is 2. The van der Waals surface area contributed by atoms with Crippen molar-refractivity contribution in [1.82, 2.24) is 0 Å². The molecule has 0 spiro atoms. The van der Waals surface area contributed by atoms with Crippen molar-refractivity contribution in [2.75, 3.05) is 10.7 Å². The number of carbonyl (C=O) groups excluding carboxylic acids is 2. The molecule has 2 rings (SSSR count). The highest BCUT2D eigenvalue weighted by Gasteiger charge is 2.24. The molecular formula is C16H16Br2O2. The number of hydrogen-bond donors (Lipinski definition) is 0. The fourth-order valence-electron chi connectivity index (χ4n) is 2.50. The molecule has 0 radical (unpaired) electrons. The van der Waals surface area contributed by atoms with Gasteiger partial charge >= 0.3 is 0 Å². The van der Waals surface area contributed by atoms with Crippen LogP contribution in [-0.4, -0.2) is 22.2 Å². The normalized spacial score (nSPS) is 13.7. The molecular weight excluding hydrogens is 384 g/mol. The molecule has 1 aromatic rings. The molecule has 1 aliphatic carbocycles. The molecule has 0 unspecified atom stereocenters. The number of hydrogen-bond acceptors (Lipinski definition) is 2. The van der Waals surface area contributed by atoms with Gasteiger partial charge in [-0.05, 0) is 49.0 Å². The van der Waals surface area contributed by atoms with Gasteiger partial charge in [-0.2, -0.15) is 0 Å². The quantitative estimate of drug-likeness (QED) is 0.669. The maximum atomic E-state index is 12.2. The second kappa shape index (κ2) is 7.32. The fourth-order valence-corrected chi connectivity index (χ4v) is 3.06. The summed E-state index contributed by atoms with van der Waals surface area (Å²) in [6.07, 6.45) is 6.35. The van der Waals surface area contributed by atoms with Gasteiger partial charge < -0.3 is 0 Å². The van der Waals surface area contributed by atoms with Crippen molar-refractivity contribution < 1.29 is 9.59 Å². The Morgan fingerprint density at radius 2 is 1.15 bits per heavy atom. The summed E-state index contributed by atoms with van der Waals surface area (Å²) in [5, 5.41) is 1.79. The molecule has 106 valence electrons. The van der Waals surface area contributed by atoms with E-state index in [0.29, 0.717) is 11.1 Å². The minimum absolute atomic E-state index is 0.0372. The number of alkyl halides is 2. The monoisotopic (exact) mass is 398 g/mol. The summed E-state index contributed by atoms with van der Waals surface area (Å²) in [5.41, 5.74) is 3.24. The Balaban J connectivity index is 2.48. The summed E-state index contributed by atoms with van der Waals surface area (Å²) in [6.45, 7) is 0. The van der Waals surface area contributed by atoms with Crippen molar-refractivity contribution >= 4 is 43.4 Å². The van der Waals surface area contributed by atoms with Crippen LogP contribution in [-0.2, 0) is 12.8 Å². The molecule has 0 saturated carbocycles. The van der Waals surface area contributed by atoms with Crippen molar-refractivity contribution in [3.63, 3.8) is 0 Å². The lowest BCUT2D eigenvalue weighted by Crippen LogP contribution is -2.17. The van der Waals surface area contributed by atoms with Crippen molar-refractivity contribution in [3.05, 3.63) is 46.5 Å². The Morgan fingerprint density at radius 3 is 1.50 bits per heavy atom. The Labute approximate surface area is 135 Å². The first-order chi connectivity index (χ1) is 9.69. The van der Waals surface area contributed by atoms with E-state index in [1.165, 1.54) is 12.2 Å². The van der Waals surface area contributed by atoms with Crippen molar-refractivity contribution in [3.8, 4) is 0 Å². The van der Waals surface area contributed by atoms with Gasteiger partial charge in [-0.1, -0.05) is 44.0 Å². The smallest absolute Gasteiger partial charge is 0.187 e. The predicted molar refractivity (Wildman–Crippen MR) is 88.5 cm³/mol. The van der Waals surface area contributed by atoms with Gasteiger partial charge in [0.05, 0.1) is 0 Å². The highest BCUT2D eigenvalue weighted by Crippen LogP contribution is 2.27. The molecule has 0 atom stereocenters. The fraction of sp³-hybridized carbons (Fsp3) is 0.375. The molecule has 0 saturated heterocycles. The third-order valence-corrected chi connectivity index (χ3v) is 4.54. The van der Waals surface area contributed by atoms with Crippen LogP contribution >= 0.6 is 31.9 Å². The van der Waals surface area contributed by atoms with Crippen LogP contribution in [0.2, 0.25) is 0 Å². The maximum absolute atomic E-state index is 12.2. The molecule has 0 aromatic heterocycles. The van der Waals surface area contributed by atoms with Crippen LogP contribution in [0.5, 0.6) is 0 Å². The van der Waals surface area contributed by atoms with Crippen molar-refractivity contribution in [2.24, 2.45) is 0 Å². The Morgan fingerprint density at radius 1 is 0.750 bits per heavy atom. The van der Waals surface area contributed by atoms with Gasteiger partial charge in [-0.15, -0.1) is 0 Å². The molecule has 20 heavy (non-hydrogen) atoms. The number of carbonyl (C=O) groups is 2. The van der Waals surface area contributed by atoms with Crippen LogP contribution in [0.4, 0.5) is 0 Å². The number of fused-ring (bicyclic) bond motifs is 1. The summed E-state index contributed by atoms with van der Waals surface area (Å²) >= 11 is 6.82. The predicted octanol–water partition coefficient (Wildman–Crippen LogP) is 4.28. The van der Waals surface area contributed by atoms with Gasteiger partial charge in [-0.25, -0.2) is 0 Å². The van der Waals surface area contributed by atoms with Crippen molar-refractivity contribution in [2.45, 2.75) is 25.7 Å². The average Bonchev–Trinajstić information content (AvgIpc) is 2.46. The zero-order chi connectivity index (χ0) is 14.5. The van der Waals surface area contributed by atoms with Gasteiger partial charge in [0, 0.05) is 21.8 Å². The summed E-state index contributed by atoms with van der Waals surface area (Å²) in [7, 11) is 0. The number of rotatable bonds is 6. The third kappa shape index (κ3) is 3.29. The van der Waals surface area contributed by atoms with Gasteiger partial charge in [0.15, 0.2) is 11.6 Å². The molecule has 0 fully saturated rings. The molecule has 1 aromatic carbocycles. The zero-order valence-electron chi connectivity index (χ0n) is 11.1. The van der Waals surface area contributed by atoms with Crippen LogP contribution in [0.15, 0.2) is 24.3 Å². The van der Waals surface area contributed by atoms with E-state index in [1.54, 1.807) is 0 Å². The van der Waals surface area contributed by atoms with E-state index in [9.17, 15) is 9.59 Å². The van der Waals surface area contributed by atoms with Crippen molar-refractivity contribution in [1.29, 1.82) is 0 Å². The topological polar surface area (TPSA) is 34.1 Å². The molecule has 0 aliphatic heterocycles. The van der Waals surface area contributed by atoms with Crippen LogP contribution < -0.4 is 0 Å². The molecule has 0 bridgehead atoms. The van der Waals surface area contributed by atoms with E-state index in [4.69, 9.17) is 0 Å². The van der Waals surface area contributed by atoms with E-state index in [0.717, 1.165) is 47.5 Å². The molecule has 4 heteroatoms. The first kappa shape index (κ1) is 15.6. The van der Waals surface area contributed by atoms with Gasteiger partial charge in [0.2, 0.25) is 0 Å². The van der Waals surface area contributed by atoms with Gasteiger partial charge in [-0.3, -0.25) is 9.59 Å². The minimum atomic E-state index is -0.0372. The number of aryl methyl sites for hydroxylation is 2. The lowest BCUT2D eigenvalue weighted by Gasteiger charge is -2.18. The first-order valence-corrected chi connectivity index (χ1v) is 8.96. The van der Waals surface area contributed by atoms with Crippen LogP contribution in [0.3, 0.4) is 0 Å². The minimum Gasteiger partial charge on any atom is -0.289 e. The second-order valence-corrected chi connectivity index (χ2v) is 6.37. The lowest BCUT2D eigenvalue weighted by atomic mass is 9.84. The number of halogens is 2. The molecule has 2 nitrogen and oxygen atoms in total. The summed E-state index contributed by atoms with van der Waals surface area (Å²) in [5.74, 6) is -0.0743. The first-order valence-electron chi connectivity index (χ1n) is 6.72. The molecule has 0 amide bonds. The standard InChI is InChI=1S/C16H16Br2O2/c17-9-1-3-11-5-6-12(4-2-10-18)16-14(20)8-7-13(19)15(11)16/h5-8H,1-4,9-10H2. The van der Waals surface area contributed by atoms with E-state index in [1.807, 2.05) is 12.1 Å². The zero-order valence-corrected chi connectivity index (χ0v) is 14.3. The third-order valence-electron chi connectivity index (χ3n) is 3.42. The summed E-state index contributed by atoms with van der Waals surface area (Å²) in [4.78, 5) is 24.4. The average molecular weight is 400 g/mol. The molecule has 1 aliphatic rings. The van der Waals surface area contributed by atoms with Gasteiger partial charge in [0.25, 0.3) is 0 Å². The van der Waals surface area contributed by atoms with E-state index in [-0.39, 0.29) is 11.6 Å². The molecule has 0 heterocycles. The largest absolute Gasteiger partial charge is 0.289 e. The van der Waals surface area contributed by atoms with Gasteiger partial charge in [0.1, 0.15) is 0 Å². The Hall–Kier alpha value is -0.740. The van der Waals surface area contributed by atoms with E-state index >= 15 is 0 Å². The number of ketones is 2. The second-order valence-electron chi connectivity index (χ2n) is 4.78. The van der Waals surface area contributed by atoms with Crippen LogP contribution in [0, 0.1) is 0 Å². The highest BCUT2D eigenvalue weighted by atomic mass is 79.9. The SMILES string of the molecule is O=C1C=CC(=O)c2c(CCCBr)ccc(CCCBr)c21. The van der Waals surface area contributed by atoms with Crippen LogP contribution in [0.1, 0.15) is 44.7 Å². The van der Waals surface area contributed by atoms with E-state index in [2.05, 4.69) is 31.9 Å². The highest BCUT2D eigenvalue weighted by molar-refractivity contribution is 9.09. The van der Waals surface area contributed by atoms with E-state index < -0.39 is 0 Å². The Kier molecular flexibility index (Phi) is 5.73. The van der Waals surface area contributed by atoms with Crippen LogP contribution in [0.25, 0.3) is 0 Å². The number of benzene rings is 1. The summed E-state index contributed by atoms with van der Waals surface area (Å²) < 4.78 is 0. The lowest BCUT2D eigenvalue weighted by molar-refractivity contribution is 0.0992.